The standard InChI is InChI=1S/C9H15NO2/c1-7(8(2)11)10-6-4-3-5-9(10)12/h7H,3-6H2,1-2H3. The minimum absolute atomic E-state index is 0.0743. The van der Waals surface area contributed by atoms with Gasteiger partial charge in [0.15, 0.2) is 5.78 Å². The van der Waals surface area contributed by atoms with Gasteiger partial charge < -0.3 is 4.90 Å². The number of hydrogen-bond donors (Lipinski definition) is 0. The lowest BCUT2D eigenvalue weighted by Crippen LogP contribution is -2.44. The van der Waals surface area contributed by atoms with Crippen molar-refractivity contribution in [3.05, 3.63) is 0 Å². The first-order chi connectivity index (χ1) is 5.63. The van der Waals surface area contributed by atoms with E-state index in [0.29, 0.717) is 6.42 Å². The summed E-state index contributed by atoms with van der Waals surface area (Å²) in [5, 5.41) is 0. The Bertz CT molecular complexity index is 201. The molecule has 0 aromatic carbocycles. The van der Waals surface area contributed by atoms with E-state index in [1.54, 1.807) is 11.8 Å². The molecule has 0 bridgehead atoms. The first-order valence-corrected chi connectivity index (χ1v) is 4.43. The number of rotatable bonds is 2. The Morgan fingerprint density at radius 3 is 2.67 bits per heavy atom. The molecule has 0 N–H and O–H groups in total. The number of nitrogens with zero attached hydrogens (tertiary/aromatic N) is 1. The van der Waals surface area contributed by atoms with E-state index in [2.05, 4.69) is 0 Å². The molecule has 1 aliphatic heterocycles. The van der Waals surface area contributed by atoms with Crippen molar-refractivity contribution in [2.45, 2.75) is 39.2 Å². The fourth-order valence-corrected chi connectivity index (χ4v) is 1.46. The molecule has 1 unspecified atom stereocenters. The lowest BCUT2D eigenvalue weighted by molar-refractivity contribution is -0.140. The van der Waals surface area contributed by atoms with Gasteiger partial charge in [0, 0.05) is 13.0 Å². The molecular formula is C9H15NO2. The highest BCUT2D eigenvalue weighted by Gasteiger charge is 2.25. The van der Waals surface area contributed by atoms with E-state index in [1.807, 2.05) is 0 Å². The van der Waals surface area contributed by atoms with Gasteiger partial charge in [-0.1, -0.05) is 0 Å². The molecule has 3 heteroatoms. The Balaban J connectivity index is 2.59. The molecule has 68 valence electrons. The quantitative estimate of drug-likeness (QED) is 0.618. The SMILES string of the molecule is CC(=O)C(C)N1CCCCC1=O. The molecule has 0 saturated carbocycles. The molecule has 1 heterocycles. The number of hydrogen-bond acceptors (Lipinski definition) is 2. The Hall–Kier alpha value is -0.860. The highest BCUT2D eigenvalue weighted by Crippen LogP contribution is 2.13. The highest BCUT2D eigenvalue weighted by atomic mass is 16.2. The summed E-state index contributed by atoms with van der Waals surface area (Å²) >= 11 is 0. The number of amides is 1. The molecule has 1 amide bonds. The molecule has 1 fully saturated rings. The van der Waals surface area contributed by atoms with Crippen molar-refractivity contribution < 1.29 is 9.59 Å². The summed E-state index contributed by atoms with van der Waals surface area (Å²) in [6.45, 7) is 4.08. The summed E-state index contributed by atoms with van der Waals surface area (Å²) in [5.74, 6) is 0.203. The number of piperidine rings is 1. The van der Waals surface area contributed by atoms with E-state index < -0.39 is 0 Å². The van der Waals surface area contributed by atoms with Crippen LogP contribution in [-0.2, 0) is 9.59 Å². The van der Waals surface area contributed by atoms with Gasteiger partial charge >= 0.3 is 0 Å². The van der Waals surface area contributed by atoms with Crippen LogP contribution >= 0.6 is 0 Å². The van der Waals surface area contributed by atoms with Crippen molar-refractivity contribution in [3.8, 4) is 0 Å². The molecule has 1 rings (SSSR count). The average Bonchev–Trinajstić information content (AvgIpc) is 2.04. The third-order valence-corrected chi connectivity index (χ3v) is 2.42. The number of ketones is 1. The summed E-state index contributed by atoms with van der Waals surface area (Å²) in [5.41, 5.74) is 0. The van der Waals surface area contributed by atoms with Crippen LogP contribution in [0.2, 0.25) is 0 Å². The molecule has 1 saturated heterocycles. The second-order valence-electron chi connectivity index (χ2n) is 3.33. The van der Waals surface area contributed by atoms with E-state index in [0.717, 1.165) is 19.4 Å². The van der Waals surface area contributed by atoms with E-state index in [1.165, 1.54) is 6.92 Å². The zero-order valence-electron chi connectivity index (χ0n) is 7.67. The van der Waals surface area contributed by atoms with Crippen molar-refractivity contribution in [3.63, 3.8) is 0 Å². The summed E-state index contributed by atoms with van der Waals surface area (Å²) in [4.78, 5) is 24.0. The molecule has 0 aromatic heterocycles. The maximum absolute atomic E-state index is 11.3. The van der Waals surface area contributed by atoms with Crippen LogP contribution in [0.4, 0.5) is 0 Å². The third-order valence-electron chi connectivity index (χ3n) is 2.42. The van der Waals surface area contributed by atoms with Crippen molar-refractivity contribution in [1.82, 2.24) is 4.90 Å². The Labute approximate surface area is 72.7 Å². The molecule has 0 aromatic rings. The Morgan fingerprint density at radius 2 is 2.17 bits per heavy atom. The predicted molar refractivity (Wildman–Crippen MR) is 45.7 cm³/mol. The Kier molecular flexibility index (Phi) is 2.84. The van der Waals surface area contributed by atoms with E-state index in [-0.39, 0.29) is 17.7 Å². The van der Waals surface area contributed by atoms with Gasteiger partial charge in [-0.3, -0.25) is 9.59 Å². The monoisotopic (exact) mass is 169 g/mol. The fraction of sp³-hybridized carbons (Fsp3) is 0.778. The van der Waals surface area contributed by atoms with Crippen LogP contribution in [0.1, 0.15) is 33.1 Å². The van der Waals surface area contributed by atoms with Crippen LogP contribution in [0.15, 0.2) is 0 Å². The minimum Gasteiger partial charge on any atom is -0.333 e. The van der Waals surface area contributed by atoms with Crippen molar-refractivity contribution in [2.75, 3.05) is 6.54 Å². The van der Waals surface area contributed by atoms with Crippen LogP contribution in [0, 0.1) is 0 Å². The molecule has 12 heavy (non-hydrogen) atoms. The van der Waals surface area contributed by atoms with E-state index in [4.69, 9.17) is 0 Å². The zero-order valence-corrected chi connectivity index (χ0v) is 7.67. The summed E-state index contributed by atoms with van der Waals surface area (Å²) in [6.07, 6.45) is 2.61. The highest BCUT2D eigenvalue weighted by molar-refractivity contribution is 5.87. The molecule has 0 radical (unpaired) electrons. The minimum atomic E-state index is -0.224. The topological polar surface area (TPSA) is 37.4 Å². The van der Waals surface area contributed by atoms with Crippen molar-refractivity contribution in [1.29, 1.82) is 0 Å². The third kappa shape index (κ3) is 1.84. The predicted octanol–water partition coefficient (Wildman–Crippen LogP) is 0.976. The summed E-state index contributed by atoms with van der Waals surface area (Å²) < 4.78 is 0. The zero-order chi connectivity index (χ0) is 9.14. The second-order valence-corrected chi connectivity index (χ2v) is 3.33. The molecule has 3 nitrogen and oxygen atoms in total. The van der Waals surface area contributed by atoms with Crippen LogP contribution in [0.25, 0.3) is 0 Å². The van der Waals surface area contributed by atoms with Crippen LogP contribution in [0.3, 0.4) is 0 Å². The number of carbonyl (C=O) groups excluding carboxylic acids is 2. The van der Waals surface area contributed by atoms with Gasteiger partial charge in [0.05, 0.1) is 6.04 Å². The molecular weight excluding hydrogens is 154 g/mol. The maximum Gasteiger partial charge on any atom is 0.223 e. The van der Waals surface area contributed by atoms with Gasteiger partial charge in [-0.25, -0.2) is 0 Å². The van der Waals surface area contributed by atoms with Gasteiger partial charge in [0.25, 0.3) is 0 Å². The van der Waals surface area contributed by atoms with Crippen molar-refractivity contribution >= 4 is 11.7 Å². The van der Waals surface area contributed by atoms with Gasteiger partial charge in [-0.2, -0.15) is 0 Å². The van der Waals surface area contributed by atoms with E-state index >= 15 is 0 Å². The number of carbonyl (C=O) groups is 2. The number of likely N-dealkylation sites (tertiary alicyclic amines) is 1. The van der Waals surface area contributed by atoms with Gasteiger partial charge in [0.2, 0.25) is 5.91 Å². The largest absolute Gasteiger partial charge is 0.333 e. The molecule has 1 aliphatic rings. The molecule has 1 atom stereocenters. The average molecular weight is 169 g/mol. The van der Waals surface area contributed by atoms with Crippen LogP contribution in [-0.4, -0.2) is 29.2 Å². The Morgan fingerprint density at radius 1 is 1.50 bits per heavy atom. The second kappa shape index (κ2) is 3.70. The van der Waals surface area contributed by atoms with E-state index in [9.17, 15) is 9.59 Å². The molecule has 0 aliphatic carbocycles. The fourth-order valence-electron chi connectivity index (χ4n) is 1.46. The van der Waals surface area contributed by atoms with Gasteiger partial charge in [-0.15, -0.1) is 0 Å². The number of Topliss-reactive ketones (excluding diaryl/α,β-unsaturated/α-hetero) is 1. The van der Waals surface area contributed by atoms with Crippen LogP contribution < -0.4 is 0 Å². The van der Waals surface area contributed by atoms with Gasteiger partial charge in [0.1, 0.15) is 0 Å². The summed E-state index contributed by atoms with van der Waals surface area (Å²) in [7, 11) is 0. The van der Waals surface area contributed by atoms with Crippen molar-refractivity contribution in [2.24, 2.45) is 0 Å². The normalized spacial score (nSPS) is 20.8. The van der Waals surface area contributed by atoms with Crippen LogP contribution in [0.5, 0.6) is 0 Å². The first-order valence-electron chi connectivity index (χ1n) is 4.43. The lowest BCUT2D eigenvalue weighted by atomic mass is 10.1. The van der Waals surface area contributed by atoms with Gasteiger partial charge in [-0.05, 0) is 26.7 Å². The smallest absolute Gasteiger partial charge is 0.223 e. The first kappa shape index (κ1) is 9.23. The molecule has 0 spiro atoms. The maximum atomic E-state index is 11.3. The lowest BCUT2D eigenvalue weighted by Gasteiger charge is -2.30. The summed E-state index contributed by atoms with van der Waals surface area (Å²) in [6, 6.07) is -0.224.